The van der Waals surface area contributed by atoms with Crippen molar-refractivity contribution in [3.63, 3.8) is 0 Å². The fourth-order valence-corrected chi connectivity index (χ4v) is 2.87. The van der Waals surface area contributed by atoms with Crippen molar-refractivity contribution in [2.24, 2.45) is 0 Å². The smallest absolute Gasteiger partial charge is 0.234 e. The topological polar surface area (TPSA) is 54.1 Å². The molecule has 2 aromatic carbocycles. The van der Waals surface area contributed by atoms with Gasteiger partial charge >= 0.3 is 0 Å². The molecule has 0 radical (unpaired) electrons. The SMILES string of the molecule is COc1ccc(NC(=O)C(C)(C)c2c[nH]c3ccc(Cl)cc23)cc1. The second-order valence-corrected chi connectivity index (χ2v) is 6.64. The molecule has 0 bridgehead atoms. The largest absolute Gasteiger partial charge is 0.497 e. The first-order valence-corrected chi connectivity index (χ1v) is 8.02. The van der Waals surface area contributed by atoms with Gasteiger partial charge in [-0.2, -0.15) is 0 Å². The van der Waals surface area contributed by atoms with Gasteiger partial charge in [-0.05, 0) is 61.9 Å². The van der Waals surface area contributed by atoms with Crippen LogP contribution < -0.4 is 10.1 Å². The summed E-state index contributed by atoms with van der Waals surface area (Å²) in [6.45, 7) is 3.80. The first-order chi connectivity index (χ1) is 11.4. The number of H-pyrrole nitrogens is 1. The number of hydrogen-bond acceptors (Lipinski definition) is 2. The summed E-state index contributed by atoms with van der Waals surface area (Å²) in [6.07, 6.45) is 1.87. The molecule has 124 valence electrons. The van der Waals surface area contributed by atoms with Gasteiger partial charge in [0.15, 0.2) is 0 Å². The van der Waals surface area contributed by atoms with E-state index in [9.17, 15) is 4.79 Å². The molecule has 0 spiro atoms. The number of carbonyl (C=O) groups is 1. The van der Waals surface area contributed by atoms with E-state index in [1.54, 1.807) is 7.11 Å². The summed E-state index contributed by atoms with van der Waals surface area (Å²) in [5.74, 6) is 0.659. The average Bonchev–Trinajstić information content (AvgIpc) is 2.99. The third-order valence-electron chi connectivity index (χ3n) is 4.23. The zero-order valence-electron chi connectivity index (χ0n) is 13.8. The van der Waals surface area contributed by atoms with E-state index in [0.29, 0.717) is 5.02 Å². The van der Waals surface area contributed by atoms with Gasteiger partial charge in [0.1, 0.15) is 5.75 Å². The van der Waals surface area contributed by atoms with Crippen molar-refractivity contribution in [1.29, 1.82) is 0 Å². The third-order valence-corrected chi connectivity index (χ3v) is 4.47. The van der Waals surface area contributed by atoms with Crippen molar-refractivity contribution in [1.82, 2.24) is 4.98 Å². The molecule has 0 unspecified atom stereocenters. The Hall–Kier alpha value is -2.46. The van der Waals surface area contributed by atoms with Gasteiger partial charge in [-0.15, -0.1) is 0 Å². The van der Waals surface area contributed by atoms with Crippen LogP contribution in [0.5, 0.6) is 5.75 Å². The van der Waals surface area contributed by atoms with E-state index in [2.05, 4.69) is 10.3 Å². The summed E-state index contributed by atoms with van der Waals surface area (Å²) in [7, 11) is 1.61. The number of aromatic amines is 1. The highest BCUT2D eigenvalue weighted by molar-refractivity contribution is 6.31. The summed E-state index contributed by atoms with van der Waals surface area (Å²) in [6, 6.07) is 12.9. The Morgan fingerprint density at radius 2 is 1.88 bits per heavy atom. The standard InChI is InChI=1S/C19H19ClN2O2/c1-19(2,16-11-21-17-9-4-12(20)10-15(16)17)18(23)22-13-5-7-14(24-3)8-6-13/h4-11,21H,1-3H3,(H,22,23). The lowest BCUT2D eigenvalue weighted by Gasteiger charge is -2.23. The molecule has 0 saturated heterocycles. The number of benzene rings is 2. The van der Waals surface area contributed by atoms with Crippen LogP contribution in [0.15, 0.2) is 48.7 Å². The Bertz CT molecular complexity index is 882. The highest BCUT2D eigenvalue weighted by Gasteiger charge is 2.32. The molecule has 3 aromatic rings. The molecule has 1 heterocycles. The van der Waals surface area contributed by atoms with Crippen LogP contribution in [-0.2, 0) is 10.2 Å². The maximum Gasteiger partial charge on any atom is 0.234 e. The molecule has 1 amide bonds. The molecule has 4 nitrogen and oxygen atoms in total. The number of methoxy groups -OCH3 is 1. The number of carbonyl (C=O) groups excluding carboxylic acids is 1. The number of ether oxygens (including phenoxy) is 1. The molecule has 0 aliphatic carbocycles. The van der Waals surface area contributed by atoms with Gasteiger partial charge in [-0.1, -0.05) is 11.6 Å². The lowest BCUT2D eigenvalue weighted by molar-refractivity contribution is -0.120. The van der Waals surface area contributed by atoms with Crippen molar-refractivity contribution in [3.05, 3.63) is 59.2 Å². The summed E-state index contributed by atoms with van der Waals surface area (Å²) in [5, 5.41) is 4.56. The number of amides is 1. The summed E-state index contributed by atoms with van der Waals surface area (Å²) in [4.78, 5) is 16.0. The molecular formula is C19H19ClN2O2. The van der Waals surface area contributed by atoms with Gasteiger partial charge in [-0.25, -0.2) is 0 Å². The highest BCUT2D eigenvalue weighted by Crippen LogP contribution is 2.33. The van der Waals surface area contributed by atoms with Crippen LogP contribution in [0.1, 0.15) is 19.4 Å². The zero-order chi connectivity index (χ0) is 17.3. The van der Waals surface area contributed by atoms with E-state index in [0.717, 1.165) is 27.9 Å². The van der Waals surface area contributed by atoms with Crippen LogP contribution >= 0.6 is 11.6 Å². The molecule has 0 atom stereocenters. The van der Waals surface area contributed by atoms with Gasteiger partial charge in [0.05, 0.1) is 12.5 Å². The van der Waals surface area contributed by atoms with E-state index in [1.165, 1.54) is 0 Å². The molecule has 0 saturated carbocycles. The van der Waals surface area contributed by atoms with Crippen LogP contribution in [0.2, 0.25) is 5.02 Å². The summed E-state index contributed by atoms with van der Waals surface area (Å²) < 4.78 is 5.13. The van der Waals surface area contributed by atoms with Gasteiger partial charge in [0.25, 0.3) is 0 Å². The van der Waals surface area contributed by atoms with E-state index in [1.807, 2.05) is 62.5 Å². The van der Waals surface area contributed by atoms with Crippen molar-refractivity contribution in [2.75, 3.05) is 12.4 Å². The minimum absolute atomic E-state index is 0.0893. The minimum atomic E-state index is -0.719. The van der Waals surface area contributed by atoms with E-state index < -0.39 is 5.41 Å². The predicted octanol–water partition coefficient (Wildman–Crippen LogP) is 4.75. The maximum absolute atomic E-state index is 12.8. The van der Waals surface area contributed by atoms with Crippen LogP contribution in [0.25, 0.3) is 10.9 Å². The van der Waals surface area contributed by atoms with Gasteiger partial charge in [0, 0.05) is 27.8 Å². The Kier molecular flexibility index (Phi) is 4.24. The fraction of sp³-hybridized carbons (Fsp3) is 0.211. The number of fused-ring (bicyclic) bond motifs is 1. The van der Waals surface area contributed by atoms with Crippen molar-refractivity contribution >= 4 is 34.1 Å². The Morgan fingerprint density at radius 3 is 2.54 bits per heavy atom. The van der Waals surface area contributed by atoms with E-state index >= 15 is 0 Å². The van der Waals surface area contributed by atoms with Crippen LogP contribution in [0.3, 0.4) is 0 Å². The molecule has 0 aliphatic heterocycles. The molecule has 0 fully saturated rings. The van der Waals surface area contributed by atoms with Crippen LogP contribution in [0.4, 0.5) is 5.69 Å². The first kappa shape index (κ1) is 16.4. The Morgan fingerprint density at radius 1 is 1.17 bits per heavy atom. The van der Waals surface area contributed by atoms with Crippen LogP contribution in [-0.4, -0.2) is 18.0 Å². The number of halogens is 1. The Labute approximate surface area is 145 Å². The monoisotopic (exact) mass is 342 g/mol. The fourth-order valence-electron chi connectivity index (χ4n) is 2.69. The Balaban J connectivity index is 1.90. The third kappa shape index (κ3) is 2.97. The quantitative estimate of drug-likeness (QED) is 0.719. The summed E-state index contributed by atoms with van der Waals surface area (Å²) in [5.41, 5.74) is 1.88. The number of anilines is 1. The number of nitrogens with one attached hydrogen (secondary N) is 2. The molecular weight excluding hydrogens is 324 g/mol. The number of hydrogen-bond donors (Lipinski definition) is 2. The van der Waals surface area contributed by atoms with Crippen molar-refractivity contribution < 1.29 is 9.53 Å². The molecule has 24 heavy (non-hydrogen) atoms. The first-order valence-electron chi connectivity index (χ1n) is 7.64. The lowest BCUT2D eigenvalue weighted by Crippen LogP contribution is -2.34. The maximum atomic E-state index is 12.8. The van der Waals surface area contributed by atoms with Gasteiger partial charge in [0.2, 0.25) is 5.91 Å². The van der Waals surface area contributed by atoms with Gasteiger partial charge < -0.3 is 15.0 Å². The average molecular weight is 343 g/mol. The van der Waals surface area contributed by atoms with Crippen LogP contribution in [0, 0.1) is 0 Å². The lowest BCUT2D eigenvalue weighted by atomic mass is 9.83. The molecule has 3 rings (SSSR count). The molecule has 0 aliphatic rings. The summed E-state index contributed by atoms with van der Waals surface area (Å²) >= 11 is 6.11. The normalized spacial score (nSPS) is 11.5. The molecule has 1 aromatic heterocycles. The highest BCUT2D eigenvalue weighted by atomic mass is 35.5. The van der Waals surface area contributed by atoms with E-state index in [4.69, 9.17) is 16.3 Å². The van der Waals surface area contributed by atoms with Crippen molar-refractivity contribution in [3.8, 4) is 5.75 Å². The minimum Gasteiger partial charge on any atom is -0.497 e. The van der Waals surface area contributed by atoms with Gasteiger partial charge in [-0.3, -0.25) is 4.79 Å². The van der Waals surface area contributed by atoms with E-state index in [-0.39, 0.29) is 5.91 Å². The number of aromatic nitrogens is 1. The number of rotatable bonds is 4. The zero-order valence-corrected chi connectivity index (χ0v) is 14.6. The predicted molar refractivity (Wildman–Crippen MR) is 98.0 cm³/mol. The molecule has 5 heteroatoms. The second-order valence-electron chi connectivity index (χ2n) is 6.20. The second kappa shape index (κ2) is 6.21. The van der Waals surface area contributed by atoms with Crippen molar-refractivity contribution in [2.45, 2.75) is 19.3 Å². The molecule has 2 N–H and O–H groups in total.